The molecule has 0 fully saturated rings. The number of carbonyl (C=O) groups excluding carboxylic acids is 4. The van der Waals surface area contributed by atoms with E-state index in [1.807, 2.05) is 74.5 Å². The summed E-state index contributed by atoms with van der Waals surface area (Å²) in [6.07, 6.45) is 1.64. The van der Waals surface area contributed by atoms with Crippen LogP contribution in [0.4, 0.5) is 4.79 Å². The minimum atomic E-state index is -1.03. The van der Waals surface area contributed by atoms with Crippen molar-refractivity contribution in [2.75, 3.05) is 0 Å². The molecule has 0 aliphatic rings. The van der Waals surface area contributed by atoms with Crippen LogP contribution in [0, 0.1) is 5.92 Å². The maximum atomic E-state index is 13.8. The van der Waals surface area contributed by atoms with Crippen molar-refractivity contribution < 1.29 is 28.3 Å². The lowest BCUT2D eigenvalue weighted by molar-refractivity contribution is -0.130. The van der Waals surface area contributed by atoms with Gasteiger partial charge in [0.15, 0.2) is 5.76 Å². The molecule has 3 rings (SSSR count). The molecule has 9 nitrogen and oxygen atoms in total. The van der Waals surface area contributed by atoms with E-state index in [0.29, 0.717) is 6.42 Å². The van der Waals surface area contributed by atoms with Crippen LogP contribution >= 0.6 is 0 Å². The average Bonchev–Trinajstić information content (AvgIpc) is 3.50. The van der Waals surface area contributed by atoms with Crippen molar-refractivity contribution in [2.45, 2.75) is 77.6 Å². The minimum absolute atomic E-state index is 0.147. The highest BCUT2D eigenvalue weighted by molar-refractivity contribution is 6.01. The van der Waals surface area contributed by atoms with Crippen LogP contribution in [0.15, 0.2) is 83.5 Å². The molecule has 0 radical (unpaired) electrons. The molecular formula is C33H41N3O6. The molecular weight excluding hydrogens is 534 g/mol. The van der Waals surface area contributed by atoms with Gasteiger partial charge in [-0.05, 0) is 49.9 Å². The number of benzene rings is 2. The van der Waals surface area contributed by atoms with Gasteiger partial charge < -0.3 is 25.1 Å². The lowest BCUT2D eigenvalue weighted by atomic mass is 9.93. The van der Waals surface area contributed by atoms with Crippen molar-refractivity contribution in [1.29, 1.82) is 0 Å². The van der Waals surface area contributed by atoms with Crippen LogP contribution in [0.5, 0.6) is 0 Å². The maximum absolute atomic E-state index is 13.8. The van der Waals surface area contributed by atoms with E-state index in [-0.39, 0.29) is 30.3 Å². The van der Waals surface area contributed by atoms with E-state index in [9.17, 15) is 19.2 Å². The molecule has 0 spiro atoms. The Morgan fingerprint density at radius 3 is 1.76 bits per heavy atom. The van der Waals surface area contributed by atoms with Crippen molar-refractivity contribution in [1.82, 2.24) is 16.0 Å². The third kappa shape index (κ3) is 9.90. The Hall–Kier alpha value is -4.40. The molecule has 0 unspecified atom stereocenters. The zero-order valence-electron chi connectivity index (χ0n) is 24.9. The fourth-order valence-corrected chi connectivity index (χ4v) is 4.37. The Morgan fingerprint density at radius 2 is 1.29 bits per heavy atom. The van der Waals surface area contributed by atoms with Gasteiger partial charge in [0.1, 0.15) is 17.7 Å². The number of ketones is 1. The van der Waals surface area contributed by atoms with Crippen molar-refractivity contribution in [3.8, 4) is 0 Å². The first-order valence-electron chi connectivity index (χ1n) is 14.2. The molecule has 3 aromatic rings. The van der Waals surface area contributed by atoms with Gasteiger partial charge in [-0.1, -0.05) is 80.9 Å². The molecule has 0 aliphatic carbocycles. The van der Waals surface area contributed by atoms with Crippen molar-refractivity contribution in [2.24, 2.45) is 5.92 Å². The number of hydrogen-bond acceptors (Lipinski definition) is 6. The van der Waals surface area contributed by atoms with E-state index in [2.05, 4.69) is 16.0 Å². The highest BCUT2D eigenvalue weighted by atomic mass is 16.6. The molecule has 1 heterocycles. The van der Waals surface area contributed by atoms with Gasteiger partial charge in [0, 0.05) is 12.8 Å². The third-order valence-electron chi connectivity index (χ3n) is 6.76. The van der Waals surface area contributed by atoms with Crippen molar-refractivity contribution in [3.05, 3.63) is 95.9 Å². The molecule has 2 aromatic carbocycles. The fraction of sp³-hybridized carbons (Fsp3) is 0.394. The SMILES string of the molecule is CC[C@H](C)[C@H](NC(=O)[C@H](Cc1ccccc1)NC(=O)[C@H](Cc1ccccc1)NC(=O)OC(C)(C)C)C(=O)c1ccco1. The predicted molar refractivity (Wildman–Crippen MR) is 160 cm³/mol. The van der Waals surface area contributed by atoms with E-state index in [4.69, 9.17) is 9.15 Å². The zero-order chi connectivity index (χ0) is 30.7. The maximum Gasteiger partial charge on any atom is 0.408 e. The van der Waals surface area contributed by atoms with Gasteiger partial charge in [-0.25, -0.2) is 4.79 Å². The first-order chi connectivity index (χ1) is 20.0. The standard InChI is InChI=1S/C33H41N3O6/c1-6-22(2)28(29(37)27-18-13-19-41-27)36-31(39)25(20-23-14-9-7-10-15-23)34-30(38)26(21-24-16-11-8-12-17-24)35-32(40)42-33(3,4)5/h7-19,22,25-26,28H,6,20-21H2,1-5H3,(H,34,38)(H,35,40)(H,36,39)/t22-,25-,26-,28-/m0/s1. The Bertz CT molecular complexity index is 1300. The van der Waals surface area contributed by atoms with Crippen LogP contribution < -0.4 is 16.0 Å². The van der Waals surface area contributed by atoms with Crippen LogP contribution in [-0.4, -0.2) is 47.4 Å². The molecule has 9 heteroatoms. The molecule has 0 saturated carbocycles. The summed E-state index contributed by atoms with van der Waals surface area (Å²) in [6, 6.07) is 18.8. The summed E-state index contributed by atoms with van der Waals surface area (Å²) >= 11 is 0. The monoisotopic (exact) mass is 575 g/mol. The quantitative estimate of drug-likeness (QED) is 0.250. The van der Waals surface area contributed by atoms with E-state index >= 15 is 0 Å². The molecule has 0 bridgehead atoms. The van der Waals surface area contributed by atoms with Gasteiger partial charge in [-0.2, -0.15) is 0 Å². The summed E-state index contributed by atoms with van der Waals surface area (Å²) in [5.74, 6) is -1.47. The molecule has 1 aromatic heterocycles. The molecule has 224 valence electrons. The smallest absolute Gasteiger partial charge is 0.408 e. The van der Waals surface area contributed by atoms with Crippen molar-refractivity contribution in [3.63, 3.8) is 0 Å². The minimum Gasteiger partial charge on any atom is -0.461 e. The molecule has 0 saturated heterocycles. The largest absolute Gasteiger partial charge is 0.461 e. The van der Waals surface area contributed by atoms with Crippen LogP contribution in [0.1, 0.15) is 62.7 Å². The zero-order valence-corrected chi connectivity index (χ0v) is 24.9. The number of alkyl carbamates (subject to hydrolysis) is 1. The van der Waals surface area contributed by atoms with Gasteiger partial charge in [0.25, 0.3) is 0 Å². The second-order valence-corrected chi connectivity index (χ2v) is 11.4. The second-order valence-electron chi connectivity index (χ2n) is 11.4. The summed E-state index contributed by atoms with van der Waals surface area (Å²) in [5.41, 5.74) is 0.868. The number of Topliss-reactive ketones (excluding diaryl/α,β-unsaturated/α-hetero) is 1. The summed E-state index contributed by atoms with van der Waals surface area (Å²) in [7, 11) is 0. The highest BCUT2D eigenvalue weighted by Crippen LogP contribution is 2.16. The summed E-state index contributed by atoms with van der Waals surface area (Å²) in [4.78, 5) is 53.4. The summed E-state index contributed by atoms with van der Waals surface area (Å²) in [5, 5.41) is 8.36. The Balaban J connectivity index is 1.87. The van der Waals surface area contributed by atoms with E-state index in [0.717, 1.165) is 11.1 Å². The number of rotatable bonds is 13. The number of hydrogen-bond donors (Lipinski definition) is 3. The average molecular weight is 576 g/mol. The predicted octanol–water partition coefficient (Wildman–Crippen LogP) is 4.86. The summed E-state index contributed by atoms with van der Waals surface area (Å²) < 4.78 is 10.7. The van der Waals surface area contributed by atoms with E-state index < -0.39 is 41.6 Å². The molecule has 42 heavy (non-hydrogen) atoms. The van der Waals surface area contributed by atoms with Gasteiger partial charge in [-0.15, -0.1) is 0 Å². The number of carbonyl (C=O) groups is 4. The molecule has 3 N–H and O–H groups in total. The first kappa shape index (κ1) is 32.1. The number of furan rings is 1. The lowest BCUT2D eigenvalue weighted by Crippen LogP contribution is -2.57. The normalized spacial score (nSPS) is 14.1. The number of nitrogens with one attached hydrogen (secondary N) is 3. The van der Waals surface area contributed by atoms with Crippen LogP contribution in [0.25, 0.3) is 0 Å². The van der Waals surface area contributed by atoms with E-state index in [1.165, 1.54) is 6.26 Å². The van der Waals surface area contributed by atoms with Crippen molar-refractivity contribution >= 4 is 23.7 Å². The number of amides is 3. The van der Waals surface area contributed by atoms with Gasteiger partial charge >= 0.3 is 6.09 Å². The number of ether oxygens (including phenoxy) is 1. The van der Waals surface area contributed by atoms with Crippen LogP contribution in [0.3, 0.4) is 0 Å². The Labute approximate surface area is 247 Å². The van der Waals surface area contributed by atoms with E-state index in [1.54, 1.807) is 32.9 Å². The third-order valence-corrected chi connectivity index (χ3v) is 6.76. The Morgan fingerprint density at radius 1 is 0.762 bits per heavy atom. The molecule has 3 amide bonds. The topological polar surface area (TPSA) is 127 Å². The molecule has 0 aliphatic heterocycles. The molecule has 4 atom stereocenters. The Kier molecular flexibility index (Phi) is 11.5. The second kappa shape index (κ2) is 15.0. The first-order valence-corrected chi connectivity index (χ1v) is 14.2. The summed E-state index contributed by atoms with van der Waals surface area (Å²) in [6.45, 7) is 9.00. The van der Waals surface area contributed by atoms with Gasteiger partial charge in [0.05, 0.1) is 12.3 Å². The lowest BCUT2D eigenvalue weighted by Gasteiger charge is -2.28. The van der Waals surface area contributed by atoms with Gasteiger partial charge in [0.2, 0.25) is 17.6 Å². The fourth-order valence-electron chi connectivity index (χ4n) is 4.37. The van der Waals surface area contributed by atoms with Crippen LogP contribution in [-0.2, 0) is 27.2 Å². The van der Waals surface area contributed by atoms with Crippen LogP contribution in [0.2, 0.25) is 0 Å². The van der Waals surface area contributed by atoms with Gasteiger partial charge in [-0.3, -0.25) is 14.4 Å². The highest BCUT2D eigenvalue weighted by Gasteiger charge is 2.33.